The summed E-state index contributed by atoms with van der Waals surface area (Å²) in [7, 11) is 1.30. The van der Waals surface area contributed by atoms with Crippen LogP contribution in [-0.2, 0) is 4.79 Å². The van der Waals surface area contributed by atoms with E-state index in [0.29, 0.717) is 0 Å². The summed E-state index contributed by atoms with van der Waals surface area (Å²) in [5.74, 6) is -0.717. The lowest BCUT2D eigenvalue weighted by Crippen LogP contribution is -2.30. The van der Waals surface area contributed by atoms with Crippen molar-refractivity contribution in [1.29, 1.82) is 10.5 Å². The second-order valence-electron chi connectivity index (χ2n) is 4.10. The van der Waals surface area contributed by atoms with Crippen LogP contribution in [-0.4, -0.2) is 37.6 Å². The minimum atomic E-state index is -3.05. The maximum absolute atomic E-state index is 12.5. The van der Waals surface area contributed by atoms with Crippen LogP contribution < -0.4 is 9.47 Å². The molecule has 0 bridgehead atoms. The van der Waals surface area contributed by atoms with Gasteiger partial charge in [0.25, 0.3) is 0 Å². The lowest BCUT2D eigenvalue weighted by molar-refractivity contribution is -0.124. The quantitative estimate of drug-likeness (QED) is 0.567. The third-order valence-electron chi connectivity index (χ3n) is 2.68. The number of hydrogen-bond acceptors (Lipinski definition) is 5. The molecule has 6 nitrogen and oxygen atoms in total. The second kappa shape index (κ2) is 9.00. The molecule has 23 heavy (non-hydrogen) atoms. The van der Waals surface area contributed by atoms with E-state index in [-0.39, 0.29) is 30.2 Å². The van der Waals surface area contributed by atoms with Gasteiger partial charge in [-0.3, -0.25) is 4.79 Å². The molecule has 0 heterocycles. The summed E-state index contributed by atoms with van der Waals surface area (Å²) in [6.07, 6.45) is 2.33. The normalized spacial score (nSPS) is 10.2. The Kier molecular flexibility index (Phi) is 7.02. The SMILES string of the molecule is COc1cccc(C=CC(=O)N(CC#N)CC#N)c1OC(F)F. The Morgan fingerprint density at radius 3 is 2.52 bits per heavy atom. The molecule has 0 atom stereocenters. The van der Waals surface area contributed by atoms with Crippen LogP contribution in [0, 0.1) is 22.7 Å². The zero-order valence-electron chi connectivity index (χ0n) is 12.2. The molecule has 0 saturated carbocycles. The van der Waals surface area contributed by atoms with Crippen molar-refractivity contribution in [2.24, 2.45) is 0 Å². The van der Waals surface area contributed by atoms with Gasteiger partial charge >= 0.3 is 6.61 Å². The van der Waals surface area contributed by atoms with Gasteiger partial charge in [0.05, 0.1) is 19.2 Å². The predicted octanol–water partition coefficient (Wildman–Crippen LogP) is 2.19. The Morgan fingerprint density at radius 2 is 2.00 bits per heavy atom. The molecule has 1 amide bonds. The van der Waals surface area contributed by atoms with E-state index in [0.717, 1.165) is 11.0 Å². The third kappa shape index (κ3) is 5.29. The van der Waals surface area contributed by atoms with Crippen molar-refractivity contribution in [2.75, 3.05) is 20.2 Å². The Labute approximate surface area is 131 Å². The molecule has 0 spiro atoms. The molecule has 0 aliphatic rings. The van der Waals surface area contributed by atoms with Crippen molar-refractivity contribution < 1.29 is 23.0 Å². The first kappa shape index (κ1) is 17.9. The number of carbonyl (C=O) groups is 1. The molecule has 0 aliphatic carbocycles. The maximum Gasteiger partial charge on any atom is 0.387 e. The highest BCUT2D eigenvalue weighted by molar-refractivity contribution is 5.92. The van der Waals surface area contributed by atoms with E-state index in [1.165, 1.54) is 25.3 Å². The molecule has 1 rings (SSSR count). The summed E-state index contributed by atoms with van der Waals surface area (Å²) in [4.78, 5) is 12.9. The number of methoxy groups -OCH3 is 1. The maximum atomic E-state index is 12.5. The smallest absolute Gasteiger partial charge is 0.387 e. The predicted molar refractivity (Wildman–Crippen MR) is 76.5 cm³/mol. The summed E-state index contributed by atoms with van der Waals surface area (Å²) in [5, 5.41) is 17.2. The van der Waals surface area contributed by atoms with Crippen LogP contribution in [0.4, 0.5) is 8.78 Å². The topological polar surface area (TPSA) is 86.4 Å². The lowest BCUT2D eigenvalue weighted by Gasteiger charge is -2.14. The van der Waals surface area contributed by atoms with Crippen molar-refractivity contribution in [3.8, 4) is 23.6 Å². The highest BCUT2D eigenvalue weighted by atomic mass is 19.3. The number of carbonyl (C=O) groups excluding carboxylic acids is 1. The van der Waals surface area contributed by atoms with Crippen molar-refractivity contribution in [3.63, 3.8) is 0 Å². The van der Waals surface area contributed by atoms with E-state index in [1.807, 2.05) is 0 Å². The van der Waals surface area contributed by atoms with E-state index in [4.69, 9.17) is 15.3 Å². The number of para-hydroxylation sites is 1. The summed E-state index contributed by atoms with van der Waals surface area (Å²) >= 11 is 0. The Hall–Kier alpha value is -3.13. The van der Waals surface area contributed by atoms with Gasteiger partial charge in [0.1, 0.15) is 13.1 Å². The molecule has 0 saturated heterocycles. The van der Waals surface area contributed by atoms with Gasteiger partial charge < -0.3 is 14.4 Å². The van der Waals surface area contributed by atoms with Gasteiger partial charge in [-0.25, -0.2) is 0 Å². The molecule has 8 heteroatoms. The number of rotatable bonds is 7. The molecule has 0 radical (unpaired) electrons. The first-order chi connectivity index (χ1) is 11.0. The van der Waals surface area contributed by atoms with Crippen LogP contribution in [0.5, 0.6) is 11.5 Å². The molecule has 0 aromatic heterocycles. The van der Waals surface area contributed by atoms with Crippen LogP contribution in [0.2, 0.25) is 0 Å². The molecule has 1 aromatic carbocycles. The van der Waals surface area contributed by atoms with Gasteiger partial charge in [-0.05, 0) is 12.1 Å². The zero-order chi connectivity index (χ0) is 17.2. The Bertz CT molecular complexity index is 647. The average Bonchev–Trinajstić information content (AvgIpc) is 2.52. The van der Waals surface area contributed by atoms with E-state index in [9.17, 15) is 13.6 Å². The van der Waals surface area contributed by atoms with Gasteiger partial charge in [0.15, 0.2) is 11.5 Å². The van der Waals surface area contributed by atoms with Crippen molar-refractivity contribution in [2.45, 2.75) is 6.61 Å². The van der Waals surface area contributed by atoms with Crippen LogP contribution in [0.15, 0.2) is 24.3 Å². The summed E-state index contributed by atoms with van der Waals surface area (Å²) < 4.78 is 34.4. The molecule has 0 aliphatic heterocycles. The van der Waals surface area contributed by atoms with Crippen LogP contribution >= 0.6 is 0 Å². The number of alkyl halides is 2. The molecule has 0 unspecified atom stereocenters. The molecular weight excluding hydrogens is 308 g/mol. The third-order valence-corrected chi connectivity index (χ3v) is 2.68. The number of benzene rings is 1. The van der Waals surface area contributed by atoms with Gasteiger partial charge in [-0.15, -0.1) is 0 Å². The number of amides is 1. The fraction of sp³-hybridized carbons (Fsp3) is 0.267. The molecule has 1 aromatic rings. The first-order valence-corrected chi connectivity index (χ1v) is 6.36. The first-order valence-electron chi connectivity index (χ1n) is 6.36. The van der Waals surface area contributed by atoms with Gasteiger partial charge in [-0.1, -0.05) is 12.1 Å². The minimum absolute atomic E-state index is 0.0887. The largest absolute Gasteiger partial charge is 0.493 e. The van der Waals surface area contributed by atoms with Gasteiger partial charge in [0.2, 0.25) is 5.91 Å². The van der Waals surface area contributed by atoms with Crippen molar-refractivity contribution in [1.82, 2.24) is 4.90 Å². The fourth-order valence-corrected chi connectivity index (χ4v) is 1.69. The number of nitrogens with zero attached hydrogens (tertiary/aromatic N) is 3. The van der Waals surface area contributed by atoms with Crippen molar-refractivity contribution >= 4 is 12.0 Å². The molecular formula is C15H13F2N3O3. The fourth-order valence-electron chi connectivity index (χ4n) is 1.69. The van der Waals surface area contributed by atoms with E-state index in [1.54, 1.807) is 18.2 Å². The average molecular weight is 321 g/mol. The Morgan fingerprint density at radius 1 is 1.35 bits per heavy atom. The number of nitriles is 2. The molecule has 0 N–H and O–H groups in total. The minimum Gasteiger partial charge on any atom is -0.493 e. The van der Waals surface area contributed by atoms with Crippen LogP contribution in [0.1, 0.15) is 5.56 Å². The molecule has 120 valence electrons. The lowest BCUT2D eigenvalue weighted by atomic mass is 10.1. The summed E-state index contributed by atoms with van der Waals surface area (Å²) in [6.45, 7) is -3.56. The van der Waals surface area contributed by atoms with Gasteiger partial charge in [-0.2, -0.15) is 19.3 Å². The van der Waals surface area contributed by atoms with E-state index >= 15 is 0 Å². The Balaban J connectivity index is 3.05. The number of halogens is 2. The van der Waals surface area contributed by atoms with Crippen molar-refractivity contribution in [3.05, 3.63) is 29.8 Å². The zero-order valence-corrected chi connectivity index (χ0v) is 12.2. The van der Waals surface area contributed by atoms with E-state index in [2.05, 4.69) is 4.74 Å². The standard InChI is InChI=1S/C15H13F2N3O3/c1-22-12-4-2-3-11(14(12)23-15(16)17)5-6-13(21)20(9-7-18)10-8-19/h2-6,15H,9-10H2,1H3. The second-order valence-corrected chi connectivity index (χ2v) is 4.10. The molecule has 0 fully saturated rings. The van der Waals surface area contributed by atoms with E-state index < -0.39 is 12.5 Å². The van der Waals surface area contributed by atoms with Gasteiger partial charge in [0, 0.05) is 11.6 Å². The van der Waals surface area contributed by atoms with Crippen LogP contribution in [0.3, 0.4) is 0 Å². The summed E-state index contributed by atoms with van der Waals surface area (Å²) in [5.41, 5.74) is 0.201. The number of ether oxygens (including phenoxy) is 2. The van der Waals surface area contributed by atoms with Crippen LogP contribution in [0.25, 0.3) is 6.08 Å². The highest BCUT2D eigenvalue weighted by Gasteiger charge is 2.15. The monoisotopic (exact) mass is 321 g/mol. The summed E-state index contributed by atoms with van der Waals surface area (Å²) in [6, 6.07) is 7.97. The number of hydrogen-bond donors (Lipinski definition) is 0. The highest BCUT2D eigenvalue weighted by Crippen LogP contribution is 2.33.